The Morgan fingerprint density at radius 3 is 2.71 bits per heavy atom. The van der Waals surface area contributed by atoms with Gasteiger partial charge in [0, 0.05) is 31.2 Å². The monoisotopic (exact) mass is 634 g/mol. The zero-order valence-corrected chi connectivity index (χ0v) is 26.8. The predicted octanol–water partition coefficient (Wildman–Crippen LogP) is 5.13. The number of hydrogen-bond donors (Lipinski definition) is 0. The summed E-state index contributed by atoms with van der Waals surface area (Å²) in [5, 5.41) is 8.92. The molecule has 3 aliphatic heterocycles. The number of carbonyl (C=O) groups excluding carboxylic acids is 1. The number of rotatable bonds is 3. The van der Waals surface area contributed by atoms with Crippen LogP contribution in [0.2, 0.25) is 0 Å². The summed E-state index contributed by atoms with van der Waals surface area (Å²) in [6.45, 7) is 9.92. The van der Waals surface area contributed by atoms with Crippen LogP contribution in [0.25, 0.3) is 11.0 Å². The van der Waals surface area contributed by atoms with Gasteiger partial charge in [-0.15, -0.1) is 5.10 Å². The van der Waals surface area contributed by atoms with Crippen molar-refractivity contribution in [1.82, 2.24) is 19.3 Å². The van der Waals surface area contributed by atoms with E-state index < -0.39 is 16.3 Å². The summed E-state index contributed by atoms with van der Waals surface area (Å²) >= 11 is 0. The summed E-state index contributed by atoms with van der Waals surface area (Å²) in [7, 11) is -4.09. The van der Waals surface area contributed by atoms with Crippen LogP contribution in [0.4, 0.5) is 0 Å². The molecule has 11 nitrogen and oxygen atoms in total. The molecular weight excluding hydrogens is 596 g/mol. The number of aryl methyl sites for hydroxylation is 3. The van der Waals surface area contributed by atoms with Crippen LogP contribution in [0.15, 0.2) is 48.5 Å². The molecule has 9 bridgehead atoms. The smallest absolute Gasteiger partial charge is 0.386 e. The van der Waals surface area contributed by atoms with Gasteiger partial charge in [0.1, 0.15) is 23.6 Å². The van der Waals surface area contributed by atoms with Crippen molar-refractivity contribution >= 4 is 27.3 Å². The van der Waals surface area contributed by atoms with E-state index in [1.54, 1.807) is 19.1 Å². The maximum Gasteiger partial charge on any atom is 0.386 e. The Kier molecular flexibility index (Phi) is 8.80. The van der Waals surface area contributed by atoms with Gasteiger partial charge < -0.3 is 18.4 Å². The van der Waals surface area contributed by atoms with Crippen LogP contribution in [0.3, 0.4) is 0 Å². The first-order valence-electron chi connectivity index (χ1n) is 15.3. The normalized spacial score (nSPS) is 21.5. The summed E-state index contributed by atoms with van der Waals surface area (Å²) in [5.41, 5.74) is 6.86. The maximum absolute atomic E-state index is 13.4. The van der Waals surface area contributed by atoms with E-state index in [0.29, 0.717) is 37.7 Å². The topological polar surface area (TPSA) is 122 Å². The van der Waals surface area contributed by atoms with Crippen LogP contribution in [0, 0.1) is 13.8 Å². The largest absolute Gasteiger partial charge is 0.491 e. The highest BCUT2D eigenvalue weighted by atomic mass is 32.2. The number of esters is 1. The first kappa shape index (κ1) is 31.0. The zero-order valence-electron chi connectivity index (χ0n) is 26.0. The summed E-state index contributed by atoms with van der Waals surface area (Å²) in [6.07, 6.45) is 0.860. The predicted molar refractivity (Wildman–Crippen MR) is 167 cm³/mol. The third-order valence-electron chi connectivity index (χ3n) is 8.62. The molecule has 4 heterocycles. The number of benzene rings is 3. The van der Waals surface area contributed by atoms with E-state index in [1.165, 1.54) is 4.31 Å². The minimum atomic E-state index is -4.09. The van der Waals surface area contributed by atoms with Crippen molar-refractivity contribution in [2.24, 2.45) is 0 Å². The molecule has 4 aromatic rings. The van der Waals surface area contributed by atoms with Gasteiger partial charge in [-0.25, -0.2) is 4.68 Å². The molecule has 3 aliphatic rings. The fourth-order valence-corrected chi connectivity index (χ4v) is 7.51. The number of nitrogens with zero attached hydrogens (tertiary/aromatic N) is 4. The van der Waals surface area contributed by atoms with Crippen molar-refractivity contribution in [1.29, 1.82) is 0 Å². The fourth-order valence-electron chi connectivity index (χ4n) is 6.23. The van der Waals surface area contributed by atoms with Crippen molar-refractivity contribution < 1.29 is 31.6 Å². The van der Waals surface area contributed by atoms with Gasteiger partial charge in [-0.1, -0.05) is 29.5 Å². The number of ether oxygens (including phenoxy) is 3. The molecule has 1 aromatic heterocycles. The second kappa shape index (κ2) is 12.8. The van der Waals surface area contributed by atoms with E-state index >= 15 is 0 Å². The van der Waals surface area contributed by atoms with E-state index in [-0.39, 0.29) is 37.2 Å². The molecule has 3 aromatic carbocycles. The third kappa shape index (κ3) is 6.27. The van der Waals surface area contributed by atoms with E-state index in [9.17, 15) is 13.2 Å². The Labute approximate surface area is 263 Å². The molecule has 3 atom stereocenters. The van der Waals surface area contributed by atoms with Gasteiger partial charge in [-0.2, -0.15) is 12.7 Å². The van der Waals surface area contributed by atoms with Crippen LogP contribution in [-0.2, 0) is 37.7 Å². The molecule has 45 heavy (non-hydrogen) atoms. The molecule has 0 saturated heterocycles. The molecule has 0 saturated carbocycles. The van der Waals surface area contributed by atoms with Crippen molar-refractivity contribution in [3.8, 4) is 11.5 Å². The Bertz CT molecular complexity index is 1840. The lowest BCUT2D eigenvalue weighted by atomic mass is 9.83. The minimum Gasteiger partial charge on any atom is -0.491 e. The van der Waals surface area contributed by atoms with E-state index in [2.05, 4.69) is 10.3 Å². The number of aromatic nitrogens is 3. The first-order valence-corrected chi connectivity index (χ1v) is 16.7. The molecule has 0 N–H and O–H groups in total. The van der Waals surface area contributed by atoms with Crippen LogP contribution >= 0.6 is 0 Å². The summed E-state index contributed by atoms with van der Waals surface area (Å²) in [4.78, 5) is 12.9. The van der Waals surface area contributed by atoms with Gasteiger partial charge in [0.05, 0.1) is 31.2 Å². The van der Waals surface area contributed by atoms with Crippen LogP contribution in [0.1, 0.15) is 72.0 Å². The van der Waals surface area contributed by atoms with Gasteiger partial charge >= 0.3 is 16.3 Å². The molecule has 7 rings (SSSR count). The number of carbonyl (C=O) groups is 1. The minimum absolute atomic E-state index is 0.115. The van der Waals surface area contributed by atoms with E-state index in [4.69, 9.17) is 18.4 Å². The second-order valence-corrected chi connectivity index (χ2v) is 13.0. The highest BCUT2D eigenvalue weighted by molar-refractivity contribution is 7.84. The van der Waals surface area contributed by atoms with Crippen molar-refractivity contribution in [3.63, 3.8) is 0 Å². The Morgan fingerprint density at radius 2 is 1.89 bits per heavy atom. The van der Waals surface area contributed by atoms with Crippen LogP contribution in [0.5, 0.6) is 11.5 Å². The molecule has 12 heteroatoms. The SMILES string of the molecule is CCOC(=O)CC1c2ccc(C)c(c2)[C@@H](C)N2Cc3cc(ccc3OS2(=O)=O)OCCOCCCn2nnc3c(C)c1ccc32. The highest BCUT2D eigenvalue weighted by Gasteiger charge is 2.37. The quantitative estimate of drug-likeness (QED) is 0.282. The molecule has 0 fully saturated rings. The lowest BCUT2D eigenvalue weighted by Gasteiger charge is -2.33. The Morgan fingerprint density at radius 1 is 1.04 bits per heavy atom. The standard InChI is InChI=1S/C33H38N4O7S/c1-5-42-32(38)19-29-24-8-7-21(2)28(18-24)23(4)37-20-25-17-26(9-12-31(25)44-45(37,39)40)43-16-15-41-14-6-13-36-30-11-10-27(29)22(3)33(30)34-35-36/h7-12,17-18,23,29H,5-6,13-16,19-20H2,1-4H3/t23-,29?/m1/s1. The molecule has 0 spiro atoms. The summed E-state index contributed by atoms with van der Waals surface area (Å²) < 4.78 is 52.7. The van der Waals surface area contributed by atoms with Gasteiger partial charge in [0.15, 0.2) is 0 Å². The number of hydrogen-bond acceptors (Lipinski definition) is 9. The lowest BCUT2D eigenvalue weighted by molar-refractivity contribution is -0.143. The van der Waals surface area contributed by atoms with Crippen LogP contribution < -0.4 is 8.92 Å². The summed E-state index contributed by atoms with van der Waals surface area (Å²) in [5.74, 6) is 0.227. The molecular formula is C33H38N4O7S. The Hall–Kier alpha value is -4.00. The van der Waals surface area contributed by atoms with Crippen LogP contribution in [-0.4, -0.2) is 60.1 Å². The molecule has 2 unspecified atom stereocenters. The highest BCUT2D eigenvalue weighted by Crippen LogP contribution is 2.40. The molecule has 238 valence electrons. The molecule has 0 amide bonds. The fraction of sp³-hybridized carbons (Fsp3) is 0.424. The van der Waals surface area contributed by atoms with Crippen molar-refractivity contribution in [3.05, 3.63) is 81.9 Å². The van der Waals surface area contributed by atoms with Crippen molar-refractivity contribution in [2.75, 3.05) is 26.4 Å². The third-order valence-corrected chi connectivity index (χ3v) is 10.0. The van der Waals surface area contributed by atoms with E-state index in [1.807, 2.05) is 61.9 Å². The zero-order chi connectivity index (χ0) is 31.7. The van der Waals surface area contributed by atoms with Gasteiger partial charge in [0.25, 0.3) is 0 Å². The average molecular weight is 635 g/mol. The second-order valence-electron chi connectivity index (χ2n) is 11.5. The van der Waals surface area contributed by atoms with Gasteiger partial charge in [-0.05, 0) is 86.2 Å². The Balaban J connectivity index is 1.46. The van der Waals surface area contributed by atoms with Gasteiger partial charge in [0.2, 0.25) is 0 Å². The molecule has 0 radical (unpaired) electrons. The lowest BCUT2D eigenvalue weighted by Crippen LogP contribution is -2.39. The van der Waals surface area contributed by atoms with Gasteiger partial charge in [-0.3, -0.25) is 4.79 Å². The van der Waals surface area contributed by atoms with Crippen molar-refractivity contribution in [2.45, 2.75) is 65.6 Å². The van der Waals surface area contributed by atoms with E-state index in [0.717, 1.165) is 45.3 Å². The summed E-state index contributed by atoms with van der Waals surface area (Å²) in [6, 6.07) is 14.6. The average Bonchev–Trinajstić information content (AvgIpc) is 3.43. The number of fused-ring (bicyclic) bond motifs is 7. The molecule has 0 aliphatic carbocycles. The first-order chi connectivity index (χ1) is 21.7. The maximum atomic E-state index is 13.4.